The first-order valence-corrected chi connectivity index (χ1v) is 11.0. The Bertz CT molecular complexity index is 862. The maximum Gasteiger partial charge on any atom is 0.233 e. The largest absolute Gasteiger partial charge is 0.333 e. The number of nitrogens with zero attached hydrogens (tertiary/aromatic N) is 4. The zero-order valence-corrected chi connectivity index (χ0v) is 18.3. The average Bonchev–Trinajstić information content (AvgIpc) is 3.42. The van der Waals surface area contributed by atoms with E-state index in [2.05, 4.69) is 61.2 Å². The van der Waals surface area contributed by atoms with Crippen molar-refractivity contribution in [1.82, 2.24) is 19.6 Å². The van der Waals surface area contributed by atoms with Crippen LogP contribution in [0.2, 0.25) is 0 Å². The summed E-state index contributed by atoms with van der Waals surface area (Å²) in [6, 6.07) is 11.0. The fourth-order valence-corrected chi connectivity index (χ4v) is 5.23. The third kappa shape index (κ3) is 3.73. The first-order valence-electron chi connectivity index (χ1n) is 11.0. The number of rotatable bonds is 5. The van der Waals surface area contributed by atoms with Crippen molar-refractivity contribution < 1.29 is 4.79 Å². The first-order chi connectivity index (χ1) is 13.9. The van der Waals surface area contributed by atoms with Gasteiger partial charge in [-0.2, -0.15) is 5.10 Å². The molecule has 1 aliphatic heterocycles. The Kier molecular flexibility index (Phi) is 5.52. The summed E-state index contributed by atoms with van der Waals surface area (Å²) in [5.74, 6) is 0.321. The predicted molar refractivity (Wildman–Crippen MR) is 116 cm³/mol. The monoisotopic (exact) mass is 394 g/mol. The second-order valence-electron chi connectivity index (χ2n) is 9.23. The molecule has 0 bridgehead atoms. The van der Waals surface area contributed by atoms with Gasteiger partial charge in [-0.3, -0.25) is 9.48 Å². The van der Waals surface area contributed by atoms with Crippen molar-refractivity contribution in [2.45, 2.75) is 63.5 Å². The molecule has 2 aliphatic rings. The lowest BCUT2D eigenvalue weighted by Gasteiger charge is -2.35. The van der Waals surface area contributed by atoms with Crippen molar-refractivity contribution in [2.24, 2.45) is 7.05 Å². The third-order valence-electron chi connectivity index (χ3n) is 6.80. The molecule has 0 radical (unpaired) electrons. The molecule has 4 rings (SSSR count). The van der Waals surface area contributed by atoms with E-state index in [4.69, 9.17) is 5.10 Å². The van der Waals surface area contributed by atoms with E-state index < -0.39 is 0 Å². The Morgan fingerprint density at radius 1 is 1.17 bits per heavy atom. The zero-order chi connectivity index (χ0) is 20.6. The molecule has 5 nitrogen and oxygen atoms in total. The highest BCUT2D eigenvalue weighted by Gasteiger charge is 2.47. The molecule has 0 spiro atoms. The molecule has 0 N–H and O–H groups in total. The van der Waals surface area contributed by atoms with Crippen LogP contribution in [0.5, 0.6) is 0 Å². The Labute approximate surface area is 174 Å². The van der Waals surface area contributed by atoms with E-state index >= 15 is 0 Å². The molecular weight excluding hydrogens is 360 g/mol. The summed E-state index contributed by atoms with van der Waals surface area (Å²) < 4.78 is 1.97. The van der Waals surface area contributed by atoms with Crippen LogP contribution in [0.1, 0.15) is 67.1 Å². The van der Waals surface area contributed by atoms with Crippen LogP contribution in [0.15, 0.2) is 30.3 Å². The molecular formula is C24H34N4O. The highest BCUT2D eigenvalue weighted by Crippen LogP contribution is 2.45. The number of hydrogen-bond acceptors (Lipinski definition) is 3. The maximum atomic E-state index is 14.0. The minimum absolute atomic E-state index is 0.104. The highest BCUT2D eigenvalue weighted by atomic mass is 16.2. The van der Waals surface area contributed by atoms with Gasteiger partial charge >= 0.3 is 0 Å². The number of amides is 1. The summed E-state index contributed by atoms with van der Waals surface area (Å²) >= 11 is 0. The Morgan fingerprint density at radius 3 is 2.52 bits per heavy atom. The molecule has 1 saturated carbocycles. The number of aromatic nitrogens is 2. The van der Waals surface area contributed by atoms with Crippen molar-refractivity contribution in [1.29, 1.82) is 0 Å². The van der Waals surface area contributed by atoms with Gasteiger partial charge in [0, 0.05) is 20.1 Å². The van der Waals surface area contributed by atoms with Crippen LogP contribution in [0, 0.1) is 6.92 Å². The molecule has 1 saturated heterocycles. The van der Waals surface area contributed by atoms with Crippen LogP contribution >= 0.6 is 0 Å². The summed E-state index contributed by atoms with van der Waals surface area (Å²) in [4.78, 5) is 18.3. The van der Waals surface area contributed by atoms with E-state index in [-0.39, 0.29) is 11.5 Å². The lowest BCUT2D eigenvalue weighted by atomic mass is 9.77. The highest BCUT2D eigenvalue weighted by molar-refractivity contribution is 5.89. The first kappa shape index (κ1) is 20.1. The van der Waals surface area contributed by atoms with Crippen molar-refractivity contribution in [3.8, 4) is 0 Å². The van der Waals surface area contributed by atoms with Crippen LogP contribution in [0.25, 0.3) is 0 Å². The van der Waals surface area contributed by atoms with E-state index in [1.54, 1.807) is 0 Å². The average molecular weight is 395 g/mol. The van der Waals surface area contributed by atoms with Gasteiger partial charge in [0.05, 0.1) is 22.8 Å². The van der Waals surface area contributed by atoms with Gasteiger partial charge < -0.3 is 9.80 Å². The van der Waals surface area contributed by atoms with Crippen molar-refractivity contribution in [2.75, 3.05) is 20.6 Å². The lowest BCUT2D eigenvalue weighted by molar-refractivity contribution is -0.138. The minimum Gasteiger partial charge on any atom is -0.333 e. The number of carbonyl (C=O) groups excluding carboxylic acids is 1. The van der Waals surface area contributed by atoms with Crippen LogP contribution < -0.4 is 0 Å². The number of aryl methyl sites for hydroxylation is 2. The van der Waals surface area contributed by atoms with Gasteiger partial charge in [-0.25, -0.2) is 0 Å². The van der Waals surface area contributed by atoms with Gasteiger partial charge in [-0.1, -0.05) is 42.7 Å². The van der Waals surface area contributed by atoms with Gasteiger partial charge in [-0.05, 0) is 58.3 Å². The summed E-state index contributed by atoms with van der Waals surface area (Å²) in [6.45, 7) is 3.81. The maximum absolute atomic E-state index is 14.0. The molecule has 2 heterocycles. The fraction of sp³-hybridized carbons (Fsp3) is 0.583. The second-order valence-corrected chi connectivity index (χ2v) is 9.23. The van der Waals surface area contributed by atoms with E-state index in [1.165, 1.54) is 16.8 Å². The normalized spacial score (nSPS) is 21.3. The van der Waals surface area contributed by atoms with Crippen LogP contribution in [0.3, 0.4) is 0 Å². The Morgan fingerprint density at radius 2 is 1.86 bits per heavy atom. The van der Waals surface area contributed by atoms with Gasteiger partial charge in [0.25, 0.3) is 0 Å². The lowest BCUT2D eigenvalue weighted by Crippen LogP contribution is -2.45. The molecule has 1 amide bonds. The zero-order valence-electron chi connectivity index (χ0n) is 18.3. The quantitative estimate of drug-likeness (QED) is 0.771. The topological polar surface area (TPSA) is 41.4 Å². The molecule has 5 heteroatoms. The van der Waals surface area contributed by atoms with E-state index in [0.717, 1.165) is 57.3 Å². The van der Waals surface area contributed by atoms with Crippen molar-refractivity contribution in [3.05, 3.63) is 52.8 Å². The van der Waals surface area contributed by atoms with E-state index in [0.29, 0.717) is 5.91 Å². The number of carbonyl (C=O) groups is 1. The number of likely N-dealkylation sites (tertiary alicyclic amines) is 1. The fourth-order valence-electron chi connectivity index (χ4n) is 5.23. The second kappa shape index (κ2) is 7.94. The predicted octanol–water partition coefficient (Wildman–Crippen LogP) is 3.97. The Hall–Kier alpha value is -2.14. The third-order valence-corrected chi connectivity index (χ3v) is 6.80. The molecule has 1 aliphatic carbocycles. The van der Waals surface area contributed by atoms with E-state index in [9.17, 15) is 4.79 Å². The van der Waals surface area contributed by atoms with Gasteiger partial charge in [0.2, 0.25) is 5.91 Å². The summed E-state index contributed by atoms with van der Waals surface area (Å²) in [6.07, 6.45) is 6.26. The molecule has 156 valence electrons. The molecule has 2 fully saturated rings. The standard InChI is InChI=1S/C24H34N4O/c1-18-9-11-19(12-10-18)24(13-5-6-14-24)23(29)28-15-7-8-22(28)21-16-20(17-26(2)3)27(4)25-21/h9-12,16,22H,5-8,13-15,17H2,1-4H3/t22-/m0/s1. The van der Waals surface area contributed by atoms with Crippen molar-refractivity contribution in [3.63, 3.8) is 0 Å². The van der Waals surface area contributed by atoms with Crippen molar-refractivity contribution >= 4 is 5.91 Å². The molecule has 0 unspecified atom stereocenters. The minimum atomic E-state index is -0.350. The van der Waals surface area contributed by atoms with Crippen LogP contribution in [0.4, 0.5) is 0 Å². The van der Waals surface area contributed by atoms with E-state index in [1.807, 2.05) is 11.7 Å². The van der Waals surface area contributed by atoms with Gasteiger partial charge in [0.1, 0.15) is 0 Å². The van der Waals surface area contributed by atoms with Gasteiger partial charge in [0.15, 0.2) is 0 Å². The molecule has 29 heavy (non-hydrogen) atoms. The SMILES string of the molecule is Cc1ccc(C2(C(=O)N3CCC[C@H]3c3cc(CN(C)C)n(C)n3)CCCC2)cc1. The summed E-state index contributed by atoms with van der Waals surface area (Å²) in [5.41, 5.74) is 4.34. The molecule has 1 aromatic carbocycles. The van der Waals surface area contributed by atoms with Crippen LogP contribution in [-0.2, 0) is 23.8 Å². The smallest absolute Gasteiger partial charge is 0.233 e. The molecule has 2 aromatic rings. The Balaban J connectivity index is 1.64. The molecule has 1 atom stereocenters. The van der Waals surface area contributed by atoms with Gasteiger partial charge in [-0.15, -0.1) is 0 Å². The molecule has 1 aromatic heterocycles. The number of benzene rings is 1. The summed E-state index contributed by atoms with van der Waals surface area (Å²) in [5, 5.41) is 4.81. The number of hydrogen-bond donors (Lipinski definition) is 0. The summed E-state index contributed by atoms with van der Waals surface area (Å²) in [7, 11) is 6.15. The van der Waals surface area contributed by atoms with Crippen LogP contribution in [-0.4, -0.2) is 46.1 Å².